The first-order valence-electron chi connectivity index (χ1n) is 8.03. The molecule has 2 aromatic rings. The van der Waals surface area contributed by atoms with Gasteiger partial charge in [0, 0.05) is 5.56 Å². The molecule has 1 atom stereocenters. The number of nitrogens with one attached hydrogen (secondary N) is 1. The monoisotopic (exact) mass is 324 g/mol. The Morgan fingerprint density at radius 2 is 1.88 bits per heavy atom. The Balaban J connectivity index is 1.66. The molecule has 0 fully saturated rings. The first-order valence-corrected chi connectivity index (χ1v) is 8.03. The van der Waals surface area contributed by atoms with Gasteiger partial charge in [0.1, 0.15) is 5.75 Å². The van der Waals surface area contributed by atoms with Gasteiger partial charge in [-0.15, -0.1) is 0 Å². The fourth-order valence-electron chi connectivity index (χ4n) is 3.00. The number of primary amides is 1. The molecule has 5 heteroatoms. The zero-order valence-electron chi connectivity index (χ0n) is 13.3. The van der Waals surface area contributed by atoms with Crippen LogP contribution < -0.4 is 15.8 Å². The lowest BCUT2D eigenvalue weighted by molar-refractivity contribution is -0.119. The van der Waals surface area contributed by atoms with Crippen molar-refractivity contribution in [1.82, 2.24) is 5.32 Å². The number of ether oxygens (including phenoxy) is 1. The molecule has 1 aliphatic rings. The molecule has 0 spiro atoms. The molecular weight excluding hydrogens is 304 g/mol. The van der Waals surface area contributed by atoms with E-state index < -0.39 is 5.91 Å². The summed E-state index contributed by atoms with van der Waals surface area (Å²) in [6.45, 7) is -0.176. The minimum absolute atomic E-state index is 0.0493. The molecule has 2 amide bonds. The Labute approximate surface area is 140 Å². The molecule has 2 aromatic carbocycles. The fraction of sp³-hybridized carbons (Fsp3) is 0.263. The van der Waals surface area contributed by atoms with E-state index in [2.05, 4.69) is 17.4 Å². The van der Waals surface area contributed by atoms with E-state index in [1.54, 1.807) is 24.3 Å². The molecule has 0 aliphatic heterocycles. The highest BCUT2D eigenvalue weighted by Crippen LogP contribution is 2.29. The Bertz CT molecular complexity index is 741. The third-order valence-electron chi connectivity index (χ3n) is 4.17. The second-order valence-electron chi connectivity index (χ2n) is 5.90. The smallest absolute Gasteiger partial charge is 0.255 e. The third-order valence-corrected chi connectivity index (χ3v) is 4.17. The third kappa shape index (κ3) is 3.74. The molecule has 24 heavy (non-hydrogen) atoms. The van der Waals surface area contributed by atoms with Crippen molar-refractivity contribution >= 4 is 11.8 Å². The highest BCUT2D eigenvalue weighted by atomic mass is 16.5. The van der Waals surface area contributed by atoms with Gasteiger partial charge in [-0.2, -0.15) is 0 Å². The predicted molar refractivity (Wildman–Crippen MR) is 90.7 cm³/mol. The Morgan fingerprint density at radius 1 is 1.12 bits per heavy atom. The van der Waals surface area contributed by atoms with Gasteiger partial charge in [0.05, 0.1) is 6.04 Å². The van der Waals surface area contributed by atoms with Crippen molar-refractivity contribution in [2.75, 3.05) is 6.61 Å². The SMILES string of the molecule is NC(=O)COc1ccc(C(=O)N[C@H]2CCCc3ccccc32)cc1. The maximum absolute atomic E-state index is 12.5. The summed E-state index contributed by atoms with van der Waals surface area (Å²) in [7, 11) is 0. The zero-order chi connectivity index (χ0) is 16.9. The van der Waals surface area contributed by atoms with E-state index in [0.29, 0.717) is 11.3 Å². The van der Waals surface area contributed by atoms with Crippen LogP contribution in [0.2, 0.25) is 0 Å². The molecule has 5 nitrogen and oxygen atoms in total. The van der Waals surface area contributed by atoms with Crippen molar-refractivity contribution in [2.45, 2.75) is 25.3 Å². The lowest BCUT2D eigenvalue weighted by Crippen LogP contribution is -2.30. The first-order chi connectivity index (χ1) is 11.6. The molecule has 0 unspecified atom stereocenters. The van der Waals surface area contributed by atoms with Gasteiger partial charge in [-0.1, -0.05) is 24.3 Å². The van der Waals surface area contributed by atoms with E-state index in [1.807, 2.05) is 12.1 Å². The minimum atomic E-state index is -0.534. The van der Waals surface area contributed by atoms with E-state index in [0.717, 1.165) is 19.3 Å². The number of hydrogen-bond acceptors (Lipinski definition) is 3. The van der Waals surface area contributed by atoms with Gasteiger partial charge in [-0.3, -0.25) is 9.59 Å². The number of benzene rings is 2. The molecule has 0 saturated carbocycles. The van der Waals surface area contributed by atoms with Crippen molar-refractivity contribution in [1.29, 1.82) is 0 Å². The number of rotatable bonds is 5. The van der Waals surface area contributed by atoms with Crippen LogP contribution in [0.15, 0.2) is 48.5 Å². The molecule has 0 radical (unpaired) electrons. The van der Waals surface area contributed by atoms with Gasteiger partial charge < -0.3 is 15.8 Å². The van der Waals surface area contributed by atoms with E-state index in [-0.39, 0.29) is 18.6 Å². The van der Waals surface area contributed by atoms with Crippen molar-refractivity contribution in [3.63, 3.8) is 0 Å². The highest BCUT2D eigenvalue weighted by Gasteiger charge is 2.21. The van der Waals surface area contributed by atoms with E-state index in [4.69, 9.17) is 10.5 Å². The predicted octanol–water partition coefficient (Wildman–Crippen LogP) is 2.36. The van der Waals surface area contributed by atoms with E-state index >= 15 is 0 Å². The van der Waals surface area contributed by atoms with Crippen LogP contribution in [-0.4, -0.2) is 18.4 Å². The van der Waals surface area contributed by atoms with Crippen LogP contribution in [0.1, 0.15) is 40.4 Å². The minimum Gasteiger partial charge on any atom is -0.484 e. The summed E-state index contributed by atoms with van der Waals surface area (Å²) in [5, 5.41) is 3.11. The van der Waals surface area contributed by atoms with Gasteiger partial charge in [0.15, 0.2) is 6.61 Å². The average molecular weight is 324 g/mol. The quantitative estimate of drug-likeness (QED) is 0.886. The average Bonchev–Trinajstić information content (AvgIpc) is 2.60. The Morgan fingerprint density at radius 3 is 2.62 bits per heavy atom. The number of amides is 2. The molecule has 0 bridgehead atoms. The molecule has 0 aromatic heterocycles. The summed E-state index contributed by atoms with van der Waals surface area (Å²) < 4.78 is 5.19. The maximum Gasteiger partial charge on any atom is 0.255 e. The number of aryl methyl sites for hydroxylation is 1. The van der Waals surface area contributed by atoms with Gasteiger partial charge in [-0.05, 0) is 54.7 Å². The van der Waals surface area contributed by atoms with Crippen LogP contribution in [0, 0.1) is 0 Å². The summed E-state index contributed by atoms with van der Waals surface area (Å²) in [5.74, 6) is -0.140. The first kappa shape index (κ1) is 16.1. The number of carbonyl (C=O) groups is 2. The number of nitrogens with two attached hydrogens (primary N) is 1. The topological polar surface area (TPSA) is 81.4 Å². The van der Waals surface area contributed by atoms with Gasteiger partial charge in [0.25, 0.3) is 11.8 Å². The summed E-state index contributed by atoms with van der Waals surface area (Å²) >= 11 is 0. The number of carbonyl (C=O) groups excluding carboxylic acids is 2. The van der Waals surface area contributed by atoms with E-state index in [9.17, 15) is 9.59 Å². The van der Waals surface area contributed by atoms with Crippen molar-refractivity contribution in [2.24, 2.45) is 5.73 Å². The largest absolute Gasteiger partial charge is 0.484 e. The molecule has 0 saturated heterocycles. The van der Waals surface area contributed by atoms with Crippen molar-refractivity contribution < 1.29 is 14.3 Å². The lowest BCUT2D eigenvalue weighted by atomic mass is 9.87. The van der Waals surface area contributed by atoms with Gasteiger partial charge in [-0.25, -0.2) is 0 Å². The summed E-state index contributed by atoms with van der Waals surface area (Å²) in [5.41, 5.74) is 8.11. The number of hydrogen-bond donors (Lipinski definition) is 2. The normalized spacial score (nSPS) is 16.1. The van der Waals surface area contributed by atoms with Crippen LogP contribution >= 0.6 is 0 Å². The van der Waals surface area contributed by atoms with Gasteiger partial charge >= 0.3 is 0 Å². The molecule has 124 valence electrons. The second-order valence-corrected chi connectivity index (χ2v) is 5.90. The van der Waals surface area contributed by atoms with E-state index in [1.165, 1.54) is 11.1 Å². The summed E-state index contributed by atoms with van der Waals surface area (Å²) in [4.78, 5) is 23.2. The summed E-state index contributed by atoms with van der Waals surface area (Å²) in [6.07, 6.45) is 3.08. The van der Waals surface area contributed by atoms with Crippen LogP contribution in [0.4, 0.5) is 0 Å². The van der Waals surface area contributed by atoms with Crippen molar-refractivity contribution in [3.8, 4) is 5.75 Å². The van der Waals surface area contributed by atoms with Crippen LogP contribution in [-0.2, 0) is 11.2 Å². The standard InChI is InChI=1S/C19H20N2O3/c20-18(22)12-24-15-10-8-14(9-11-15)19(23)21-17-7-3-5-13-4-1-2-6-16(13)17/h1-2,4,6,8-11,17H,3,5,7,12H2,(H2,20,22)(H,21,23)/t17-/m0/s1. The van der Waals surface area contributed by atoms with Crippen molar-refractivity contribution in [3.05, 3.63) is 65.2 Å². The maximum atomic E-state index is 12.5. The summed E-state index contributed by atoms with van der Waals surface area (Å²) in [6, 6.07) is 15.0. The van der Waals surface area contributed by atoms with Gasteiger partial charge in [0.2, 0.25) is 0 Å². The second kappa shape index (κ2) is 7.17. The van der Waals surface area contributed by atoms with Crippen LogP contribution in [0.5, 0.6) is 5.75 Å². The molecule has 3 N–H and O–H groups in total. The molecule has 0 heterocycles. The highest BCUT2D eigenvalue weighted by molar-refractivity contribution is 5.94. The lowest BCUT2D eigenvalue weighted by Gasteiger charge is -2.26. The van der Waals surface area contributed by atoms with Crippen LogP contribution in [0.3, 0.4) is 0 Å². The molecule has 1 aliphatic carbocycles. The Kier molecular flexibility index (Phi) is 4.79. The number of fused-ring (bicyclic) bond motifs is 1. The van der Waals surface area contributed by atoms with Crippen LogP contribution in [0.25, 0.3) is 0 Å². The fourth-order valence-corrected chi connectivity index (χ4v) is 3.00. The molecule has 3 rings (SSSR count). The zero-order valence-corrected chi connectivity index (χ0v) is 13.3. The Hall–Kier alpha value is -2.82. The molecular formula is C19H20N2O3.